The highest BCUT2D eigenvalue weighted by Crippen LogP contribution is 2.51. The van der Waals surface area contributed by atoms with E-state index in [2.05, 4.69) is 45.0 Å². The number of rotatable bonds is 5. The minimum atomic E-state index is -0.370. The van der Waals surface area contributed by atoms with E-state index in [0.29, 0.717) is 18.4 Å². The van der Waals surface area contributed by atoms with E-state index in [1.807, 2.05) is 13.0 Å². The molecule has 0 bridgehead atoms. The monoisotopic (exact) mass is 262 g/mol. The van der Waals surface area contributed by atoms with E-state index in [1.54, 1.807) is 0 Å². The van der Waals surface area contributed by atoms with Crippen LogP contribution in [0.4, 0.5) is 0 Å². The molecule has 0 spiro atoms. The Bertz CT molecular complexity index is 393. The zero-order chi connectivity index (χ0) is 14.0. The van der Waals surface area contributed by atoms with E-state index in [0.717, 1.165) is 6.42 Å². The Balaban J connectivity index is 2.03. The van der Waals surface area contributed by atoms with Gasteiger partial charge < -0.3 is 9.84 Å². The van der Waals surface area contributed by atoms with Gasteiger partial charge in [0.15, 0.2) is 0 Å². The average molecular weight is 262 g/mol. The molecule has 1 aliphatic rings. The summed E-state index contributed by atoms with van der Waals surface area (Å²) in [6, 6.07) is 10.5. The Labute approximate surface area is 116 Å². The fraction of sp³-hybridized carbons (Fsp3) is 0.647. The molecule has 0 amide bonds. The van der Waals surface area contributed by atoms with Crippen LogP contribution in [0, 0.1) is 11.3 Å². The quantitative estimate of drug-likeness (QED) is 0.878. The van der Waals surface area contributed by atoms with Crippen LogP contribution in [0.15, 0.2) is 30.3 Å². The second kappa shape index (κ2) is 5.64. The summed E-state index contributed by atoms with van der Waals surface area (Å²) in [6.45, 7) is 9.05. The van der Waals surface area contributed by atoms with Crippen molar-refractivity contribution >= 4 is 0 Å². The summed E-state index contributed by atoms with van der Waals surface area (Å²) in [5.41, 5.74) is 1.31. The van der Waals surface area contributed by atoms with Crippen LogP contribution in [0.1, 0.15) is 45.6 Å². The molecule has 0 aromatic heterocycles. The first-order valence-corrected chi connectivity index (χ1v) is 7.29. The van der Waals surface area contributed by atoms with Gasteiger partial charge in [-0.05, 0) is 36.2 Å². The van der Waals surface area contributed by atoms with Crippen molar-refractivity contribution in [2.75, 3.05) is 6.61 Å². The standard InChI is InChI=1S/C17H26O2/c1-5-19-16(17(2,3)4)15(18)14-11-13(14)12-9-7-6-8-10-12/h6-10,13-16,18H,5,11H2,1-4H3. The second-order valence-electron chi connectivity index (χ2n) is 6.65. The molecular formula is C17H26O2. The molecular weight excluding hydrogens is 236 g/mol. The lowest BCUT2D eigenvalue weighted by Crippen LogP contribution is -2.41. The molecule has 4 unspecified atom stereocenters. The van der Waals surface area contributed by atoms with E-state index in [4.69, 9.17) is 4.74 Å². The molecule has 4 atom stereocenters. The molecule has 0 saturated heterocycles. The molecule has 106 valence electrons. The average Bonchev–Trinajstić information content (AvgIpc) is 3.15. The smallest absolute Gasteiger partial charge is 0.0884 e. The Kier molecular flexibility index (Phi) is 4.32. The largest absolute Gasteiger partial charge is 0.390 e. The van der Waals surface area contributed by atoms with E-state index in [-0.39, 0.29) is 17.6 Å². The highest BCUT2D eigenvalue weighted by atomic mass is 16.5. The van der Waals surface area contributed by atoms with Crippen LogP contribution in [0.25, 0.3) is 0 Å². The van der Waals surface area contributed by atoms with Crippen molar-refractivity contribution in [3.8, 4) is 0 Å². The lowest BCUT2D eigenvalue weighted by atomic mass is 9.83. The minimum absolute atomic E-state index is 0.0285. The predicted octanol–water partition coefficient (Wildman–Crippen LogP) is 3.60. The van der Waals surface area contributed by atoms with Crippen LogP contribution in [0.2, 0.25) is 0 Å². The molecule has 1 fully saturated rings. The fourth-order valence-electron chi connectivity index (χ4n) is 2.94. The number of benzene rings is 1. The van der Waals surface area contributed by atoms with E-state index < -0.39 is 0 Å². The number of hydrogen-bond donors (Lipinski definition) is 1. The normalized spacial score (nSPS) is 25.9. The maximum Gasteiger partial charge on any atom is 0.0884 e. The summed E-state index contributed by atoms with van der Waals surface area (Å²) in [4.78, 5) is 0. The summed E-state index contributed by atoms with van der Waals surface area (Å²) in [5, 5.41) is 10.6. The molecule has 1 aliphatic carbocycles. The van der Waals surface area contributed by atoms with Gasteiger partial charge >= 0.3 is 0 Å². The Morgan fingerprint density at radius 1 is 1.26 bits per heavy atom. The van der Waals surface area contributed by atoms with Crippen molar-refractivity contribution in [1.29, 1.82) is 0 Å². The summed E-state index contributed by atoms with van der Waals surface area (Å²) in [6.07, 6.45) is 0.617. The first-order valence-electron chi connectivity index (χ1n) is 7.29. The fourth-order valence-corrected chi connectivity index (χ4v) is 2.94. The number of aliphatic hydroxyl groups excluding tert-OH is 1. The van der Waals surface area contributed by atoms with Crippen LogP contribution in [0.5, 0.6) is 0 Å². The van der Waals surface area contributed by atoms with Crippen LogP contribution in [-0.2, 0) is 4.74 Å². The van der Waals surface area contributed by atoms with Gasteiger partial charge in [-0.2, -0.15) is 0 Å². The lowest BCUT2D eigenvalue weighted by molar-refractivity contribution is -0.0959. The molecule has 0 heterocycles. The molecule has 1 N–H and O–H groups in total. The molecule has 2 heteroatoms. The maximum absolute atomic E-state index is 10.6. The van der Waals surface area contributed by atoms with Crippen LogP contribution in [-0.4, -0.2) is 23.9 Å². The number of hydrogen-bond acceptors (Lipinski definition) is 2. The van der Waals surface area contributed by atoms with Gasteiger partial charge in [-0.25, -0.2) is 0 Å². The van der Waals surface area contributed by atoms with Crippen LogP contribution >= 0.6 is 0 Å². The Hall–Kier alpha value is -0.860. The predicted molar refractivity (Wildman–Crippen MR) is 78.2 cm³/mol. The van der Waals surface area contributed by atoms with Crippen molar-refractivity contribution in [2.45, 2.75) is 52.2 Å². The van der Waals surface area contributed by atoms with Crippen molar-refractivity contribution in [2.24, 2.45) is 11.3 Å². The van der Waals surface area contributed by atoms with Gasteiger partial charge in [0.25, 0.3) is 0 Å². The third-order valence-corrected chi connectivity index (χ3v) is 4.02. The molecule has 1 saturated carbocycles. The third-order valence-electron chi connectivity index (χ3n) is 4.02. The van der Waals surface area contributed by atoms with Crippen molar-refractivity contribution in [1.82, 2.24) is 0 Å². The van der Waals surface area contributed by atoms with E-state index >= 15 is 0 Å². The summed E-state index contributed by atoms with van der Waals surface area (Å²) in [5.74, 6) is 0.847. The molecule has 0 aliphatic heterocycles. The summed E-state index contributed by atoms with van der Waals surface area (Å²) < 4.78 is 5.80. The Morgan fingerprint density at radius 3 is 2.42 bits per heavy atom. The molecule has 2 rings (SSSR count). The molecule has 0 radical (unpaired) electrons. The second-order valence-corrected chi connectivity index (χ2v) is 6.65. The topological polar surface area (TPSA) is 29.5 Å². The van der Waals surface area contributed by atoms with Crippen molar-refractivity contribution in [3.63, 3.8) is 0 Å². The van der Waals surface area contributed by atoms with Crippen LogP contribution < -0.4 is 0 Å². The first-order chi connectivity index (χ1) is 8.95. The van der Waals surface area contributed by atoms with Crippen molar-refractivity contribution < 1.29 is 9.84 Å². The molecule has 19 heavy (non-hydrogen) atoms. The molecule has 2 nitrogen and oxygen atoms in total. The van der Waals surface area contributed by atoms with Gasteiger partial charge in [-0.15, -0.1) is 0 Å². The van der Waals surface area contributed by atoms with Gasteiger partial charge in [-0.1, -0.05) is 51.1 Å². The zero-order valence-corrected chi connectivity index (χ0v) is 12.5. The minimum Gasteiger partial charge on any atom is -0.390 e. The first kappa shape index (κ1) is 14.5. The zero-order valence-electron chi connectivity index (χ0n) is 12.5. The Morgan fingerprint density at radius 2 is 1.89 bits per heavy atom. The highest BCUT2D eigenvalue weighted by molar-refractivity contribution is 5.26. The summed E-state index contributed by atoms with van der Waals surface area (Å²) >= 11 is 0. The summed E-state index contributed by atoms with van der Waals surface area (Å²) in [7, 11) is 0. The highest BCUT2D eigenvalue weighted by Gasteiger charge is 2.48. The van der Waals surface area contributed by atoms with E-state index in [9.17, 15) is 5.11 Å². The van der Waals surface area contributed by atoms with Gasteiger partial charge in [0.1, 0.15) is 0 Å². The lowest BCUT2D eigenvalue weighted by Gasteiger charge is -2.34. The van der Waals surface area contributed by atoms with Gasteiger partial charge in [0.2, 0.25) is 0 Å². The third kappa shape index (κ3) is 3.37. The van der Waals surface area contributed by atoms with Crippen molar-refractivity contribution in [3.05, 3.63) is 35.9 Å². The van der Waals surface area contributed by atoms with Gasteiger partial charge in [0, 0.05) is 6.61 Å². The molecule has 1 aromatic carbocycles. The SMILES string of the molecule is CCOC(C(O)C1CC1c1ccccc1)C(C)(C)C. The number of aliphatic hydroxyl groups is 1. The van der Waals surface area contributed by atoms with Crippen LogP contribution in [0.3, 0.4) is 0 Å². The number of ether oxygens (including phenoxy) is 1. The van der Waals surface area contributed by atoms with Gasteiger partial charge in [-0.3, -0.25) is 0 Å². The maximum atomic E-state index is 10.6. The van der Waals surface area contributed by atoms with Gasteiger partial charge in [0.05, 0.1) is 12.2 Å². The molecule has 1 aromatic rings. The van der Waals surface area contributed by atoms with E-state index in [1.165, 1.54) is 5.56 Å².